The first kappa shape index (κ1) is 28.3. The zero-order valence-corrected chi connectivity index (χ0v) is 23.4. The molecule has 1 atom stereocenters. The van der Waals surface area contributed by atoms with E-state index in [1.807, 2.05) is 36.4 Å². The second-order valence-corrected chi connectivity index (χ2v) is 10.6. The van der Waals surface area contributed by atoms with Crippen LogP contribution in [0.4, 0.5) is 16.2 Å². The van der Waals surface area contributed by atoms with E-state index >= 15 is 0 Å². The van der Waals surface area contributed by atoms with Crippen LogP contribution in [0.5, 0.6) is 0 Å². The number of aliphatic hydroxyl groups is 1. The Morgan fingerprint density at radius 3 is 2.36 bits per heavy atom. The van der Waals surface area contributed by atoms with Crippen LogP contribution < -0.4 is 15.5 Å². The number of carbonyl (C=O) groups is 3. The first-order valence-electron chi connectivity index (χ1n) is 12.7. The summed E-state index contributed by atoms with van der Waals surface area (Å²) in [6, 6.07) is 22.0. The first-order chi connectivity index (χ1) is 18.8. The molecule has 4 N–H and O–H groups in total. The summed E-state index contributed by atoms with van der Waals surface area (Å²) in [7, 11) is 0. The molecule has 1 aliphatic rings. The highest BCUT2D eigenvalue weighted by molar-refractivity contribution is 14.1. The number of carboxylic acid groups (broad SMARTS) is 1. The SMILES string of the molecule is O=C(NC[C@@H](O)C(=O)O)c1ccc(CN(C(=O)Nc2cccc(I)c2)c2ccc(C3=CCCCC3)cc2)cc1. The van der Waals surface area contributed by atoms with Gasteiger partial charge in [0.05, 0.1) is 13.1 Å². The molecule has 1 aliphatic carbocycles. The van der Waals surface area contributed by atoms with Crippen LogP contribution in [0, 0.1) is 3.57 Å². The molecule has 0 unspecified atom stereocenters. The van der Waals surface area contributed by atoms with Gasteiger partial charge in [-0.3, -0.25) is 9.69 Å². The molecule has 0 saturated heterocycles. The minimum absolute atomic E-state index is 0.261. The zero-order chi connectivity index (χ0) is 27.8. The average molecular weight is 639 g/mol. The Bertz CT molecular complexity index is 1360. The Labute approximate surface area is 240 Å². The fraction of sp³-hybridized carbons (Fsp3) is 0.233. The molecule has 202 valence electrons. The number of amides is 3. The van der Waals surface area contributed by atoms with Crippen molar-refractivity contribution in [1.29, 1.82) is 0 Å². The van der Waals surface area contributed by atoms with Crippen LogP contribution in [-0.2, 0) is 11.3 Å². The maximum absolute atomic E-state index is 13.5. The lowest BCUT2D eigenvalue weighted by Crippen LogP contribution is -2.36. The second kappa shape index (κ2) is 13.4. The number of anilines is 2. The first-order valence-corrected chi connectivity index (χ1v) is 13.8. The van der Waals surface area contributed by atoms with Crippen molar-refractivity contribution in [3.63, 3.8) is 0 Å². The minimum Gasteiger partial charge on any atom is -0.479 e. The van der Waals surface area contributed by atoms with E-state index in [4.69, 9.17) is 5.11 Å². The normalized spacial score (nSPS) is 13.6. The molecule has 0 radical (unpaired) electrons. The fourth-order valence-electron chi connectivity index (χ4n) is 4.32. The number of aliphatic carboxylic acids is 1. The van der Waals surface area contributed by atoms with Crippen molar-refractivity contribution in [3.05, 3.63) is 99.1 Å². The van der Waals surface area contributed by atoms with Gasteiger partial charge in [0.25, 0.3) is 5.91 Å². The van der Waals surface area contributed by atoms with E-state index in [1.165, 1.54) is 24.0 Å². The summed E-state index contributed by atoms with van der Waals surface area (Å²) in [6.45, 7) is -0.132. The lowest BCUT2D eigenvalue weighted by atomic mass is 9.93. The third-order valence-electron chi connectivity index (χ3n) is 6.46. The number of hydrogen-bond acceptors (Lipinski definition) is 4. The number of urea groups is 1. The Morgan fingerprint density at radius 2 is 1.72 bits per heavy atom. The van der Waals surface area contributed by atoms with E-state index in [2.05, 4.69) is 51.4 Å². The molecule has 4 rings (SSSR count). The molecule has 39 heavy (non-hydrogen) atoms. The summed E-state index contributed by atoms with van der Waals surface area (Å²) in [5.41, 5.74) is 5.05. The molecule has 0 bridgehead atoms. The van der Waals surface area contributed by atoms with Gasteiger partial charge >= 0.3 is 12.0 Å². The highest BCUT2D eigenvalue weighted by atomic mass is 127. The van der Waals surface area contributed by atoms with Crippen LogP contribution in [0.3, 0.4) is 0 Å². The number of hydrogen-bond donors (Lipinski definition) is 4. The predicted octanol–water partition coefficient (Wildman–Crippen LogP) is 5.66. The molecule has 0 saturated carbocycles. The minimum atomic E-state index is -1.67. The number of allylic oxidation sites excluding steroid dienone is 2. The van der Waals surface area contributed by atoms with Crippen LogP contribution in [-0.4, -0.2) is 40.8 Å². The lowest BCUT2D eigenvalue weighted by Gasteiger charge is -2.24. The Hall–Kier alpha value is -3.70. The number of rotatable bonds is 9. The average Bonchev–Trinajstić information content (AvgIpc) is 2.95. The number of benzene rings is 3. The standard InChI is InChI=1S/C30H30IN3O5/c31-24-7-4-8-25(17-24)33-30(39)34(26-15-13-22(14-16-26)21-5-2-1-3-6-21)19-20-9-11-23(12-10-20)28(36)32-18-27(35)29(37)38/h4-5,7-17,27,35H,1-3,6,18-19H2,(H,32,36)(H,33,39)(H,37,38)/t27-/m1/s1. The van der Waals surface area contributed by atoms with Crippen molar-refractivity contribution in [3.8, 4) is 0 Å². The second-order valence-electron chi connectivity index (χ2n) is 9.31. The van der Waals surface area contributed by atoms with Crippen molar-refractivity contribution in [1.82, 2.24) is 5.32 Å². The fourth-order valence-corrected chi connectivity index (χ4v) is 4.86. The van der Waals surface area contributed by atoms with Crippen molar-refractivity contribution < 1.29 is 24.6 Å². The summed E-state index contributed by atoms with van der Waals surface area (Å²) in [4.78, 5) is 38.2. The highest BCUT2D eigenvalue weighted by Crippen LogP contribution is 2.29. The lowest BCUT2D eigenvalue weighted by molar-refractivity contribution is -0.146. The van der Waals surface area contributed by atoms with Crippen molar-refractivity contribution >= 4 is 57.4 Å². The van der Waals surface area contributed by atoms with Crippen molar-refractivity contribution in [2.24, 2.45) is 0 Å². The van der Waals surface area contributed by atoms with Crippen LogP contribution in [0.2, 0.25) is 0 Å². The molecule has 3 aromatic carbocycles. The van der Waals surface area contributed by atoms with Gasteiger partial charge in [-0.2, -0.15) is 0 Å². The van der Waals surface area contributed by atoms with E-state index in [9.17, 15) is 19.5 Å². The van der Waals surface area contributed by atoms with E-state index in [0.717, 1.165) is 27.7 Å². The molecule has 9 heteroatoms. The van der Waals surface area contributed by atoms with Crippen LogP contribution in [0.15, 0.2) is 78.9 Å². The molecule has 0 heterocycles. The zero-order valence-electron chi connectivity index (χ0n) is 21.3. The van der Waals surface area contributed by atoms with Gasteiger partial charge in [-0.15, -0.1) is 0 Å². The third-order valence-corrected chi connectivity index (χ3v) is 7.13. The molecule has 0 aromatic heterocycles. The Morgan fingerprint density at radius 1 is 0.974 bits per heavy atom. The smallest absolute Gasteiger partial charge is 0.334 e. The van der Waals surface area contributed by atoms with Crippen LogP contribution >= 0.6 is 22.6 Å². The van der Waals surface area contributed by atoms with Gasteiger partial charge in [-0.05, 0) is 107 Å². The molecule has 0 fully saturated rings. The summed E-state index contributed by atoms with van der Waals surface area (Å²) in [6.07, 6.45) is 5.18. The molecule has 8 nitrogen and oxygen atoms in total. The molecular weight excluding hydrogens is 609 g/mol. The summed E-state index contributed by atoms with van der Waals surface area (Å²) < 4.78 is 1.01. The van der Waals surface area contributed by atoms with Gasteiger partial charge in [0, 0.05) is 20.5 Å². The molecule has 3 aromatic rings. The van der Waals surface area contributed by atoms with E-state index in [-0.39, 0.29) is 12.6 Å². The van der Waals surface area contributed by atoms with Gasteiger partial charge in [0.2, 0.25) is 0 Å². The number of carboxylic acids is 1. The van der Waals surface area contributed by atoms with Crippen molar-refractivity contribution in [2.75, 3.05) is 16.8 Å². The predicted molar refractivity (Wildman–Crippen MR) is 160 cm³/mol. The maximum Gasteiger partial charge on any atom is 0.334 e. The van der Waals surface area contributed by atoms with Gasteiger partial charge < -0.3 is 20.8 Å². The largest absolute Gasteiger partial charge is 0.479 e. The highest BCUT2D eigenvalue weighted by Gasteiger charge is 2.19. The van der Waals surface area contributed by atoms with Gasteiger partial charge in [-0.1, -0.05) is 36.4 Å². The topological polar surface area (TPSA) is 119 Å². The summed E-state index contributed by atoms with van der Waals surface area (Å²) in [5, 5.41) is 23.5. The van der Waals surface area contributed by atoms with Crippen molar-refractivity contribution in [2.45, 2.75) is 38.3 Å². The summed E-state index contributed by atoms with van der Waals surface area (Å²) >= 11 is 2.20. The maximum atomic E-state index is 13.5. The molecule has 0 aliphatic heterocycles. The van der Waals surface area contributed by atoms with E-state index < -0.39 is 24.5 Å². The monoisotopic (exact) mass is 639 g/mol. The number of nitrogens with zero attached hydrogens (tertiary/aromatic N) is 1. The number of halogens is 1. The Balaban J connectivity index is 1.52. The quantitative estimate of drug-likeness (QED) is 0.226. The Kier molecular flexibility index (Phi) is 9.72. The summed E-state index contributed by atoms with van der Waals surface area (Å²) in [5.74, 6) is -1.90. The van der Waals surface area contributed by atoms with Crippen LogP contribution in [0.1, 0.15) is 47.2 Å². The molecular formula is C30H30IN3O5. The van der Waals surface area contributed by atoms with Gasteiger partial charge in [-0.25, -0.2) is 9.59 Å². The molecule has 3 amide bonds. The number of nitrogens with one attached hydrogen (secondary N) is 2. The van der Waals surface area contributed by atoms with Gasteiger partial charge in [0.15, 0.2) is 6.10 Å². The van der Waals surface area contributed by atoms with E-state index in [1.54, 1.807) is 29.2 Å². The third kappa shape index (κ3) is 7.90. The van der Waals surface area contributed by atoms with Crippen LogP contribution in [0.25, 0.3) is 5.57 Å². The number of carbonyl (C=O) groups excluding carboxylic acids is 2. The molecule has 0 spiro atoms. The van der Waals surface area contributed by atoms with Gasteiger partial charge in [0.1, 0.15) is 0 Å². The van der Waals surface area contributed by atoms with E-state index in [0.29, 0.717) is 11.3 Å². The number of aliphatic hydroxyl groups excluding tert-OH is 1.